The van der Waals surface area contributed by atoms with E-state index in [9.17, 15) is 15.1 Å². The summed E-state index contributed by atoms with van der Waals surface area (Å²) >= 11 is 6.23. The van der Waals surface area contributed by atoms with Crippen molar-refractivity contribution in [1.82, 2.24) is 10.1 Å². The first kappa shape index (κ1) is 17.2. The third kappa shape index (κ3) is 2.58. The van der Waals surface area contributed by atoms with Gasteiger partial charge in [0.15, 0.2) is 6.79 Å². The van der Waals surface area contributed by atoms with Gasteiger partial charge in [-0.05, 0) is 31.9 Å². The SMILES string of the molecule is Cc1ccc(Cl)c(C2=C(O)C3(CCN(O)CC3)N(OCO)C2=O)c1. The molecule has 130 valence electrons. The first-order valence-corrected chi connectivity index (χ1v) is 8.01. The van der Waals surface area contributed by atoms with Crippen molar-refractivity contribution >= 4 is 23.1 Å². The van der Waals surface area contributed by atoms with Crippen molar-refractivity contribution in [3.05, 3.63) is 40.1 Å². The number of aliphatic hydroxyl groups excluding tert-OH is 2. The van der Waals surface area contributed by atoms with Gasteiger partial charge in [0, 0.05) is 23.7 Å². The number of benzene rings is 1. The summed E-state index contributed by atoms with van der Waals surface area (Å²) < 4.78 is 0. The predicted octanol–water partition coefficient (Wildman–Crippen LogP) is 1.86. The van der Waals surface area contributed by atoms with Crippen molar-refractivity contribution in [1.29, 1.82) is 0 Å². The fourth-order valence-corrected chi connectivity index (χ4v) is 3.56. The lowest BCUT2D eigenvalue weighted by Crippen LogP contribution is -2.54. The molecule has 7 nitrogen and oxygen atoms in total. The van der Waals surface area contributed by atoms with E-state index in [0.717, 1.165) is 15.7 Å². The van der Waals surface area contributed by atoms with Crippen LogP contribution in [0.2, 0.25) is 5.02 Å². The fraction of sp³-hybridized carbons (Fsp3) is 0.438. The molecule has 0 aliphatic carbocycles. The highest BCUT2D eigenvalue weighted by Gasteiger charge is 2.55. The maximum absolute atomic E-state index is 12.9. The summed E-state index contributed by atoms with van der Waals surface area (Å²) in [7, 11) is 0. The van der Waals surface area contributed by atoms with Crippen LogP contribution in [0.3, 0.4) is 0 Å². The summed E-state index contributed by atoms with van der Waals surface area (Å²) in [6, 6.07) is 5.20. The monoisotopic (exact) mass is 354 g/mol. The van der Waals surface area contributed by atoms with Crippen LogP contribution < -0.4 is 0 Å². The molecule has 2 heterocycles. The Morgan fingerprint density at radius 2 is 2.00 bits per heavy atom. The van der Waals surface area contributed by atoms with E-state index in [1.807, 2.05) is 13.0 Å². The molecule has 3 rings (SSSR count). The first-order valence-electron chi connectivity index (χ1n) is 7.63. The van der Waals surface area contributed by atoms with Gasteiger partial charge in [-0.1, -0.05) is 23.2 Å². The molecular weight excluding hydrogens is 336 g/mol. The lowest BCUT2D eigenvalue weighted by Gasteiger charge is -2.41. The highest BCUT2D eigenvalue weighted by atomic mass is 35.5. The molecule has 1 spiro atoms. The number of piperidine rings is 1. The van der Waals surface area contributed by atoms with E-state index in [4.69, 9.17) is 21.5 Å². The van der Waals surface area contributed by atoms with Crippen molar-refractivity contribution in [3.8, 4) is 0 Å². The van der Waals surface area contributed by atoms with E-state index in [2.05, 4.69) is 0 Å². The Hall–Kier alpha value is -1.64. The Balaban J connectivity index is 2.12. The molecule has 0 aromatic heterocycles. The molecule has 0 atom stereocenters. The van der Waals surface area contributed by atoms with Crippen LogP contribution in [0.25, 0.3) is 5.57 Å². The van der Waals surface area contributed by atoms with Gasteiger partial charge in [0.2, 0.25) is 0 Å². The van der Waals surface area contributed by atoms with Gasteiger partial charge < -0.3 is 15.4 Å². The molecule has 3 N–H and O–H groups in total. The molecule has 2 aliphatic rings. The normalized spacial score (nSPS) is 21.2. The van der Waals surface area contributed by atoms with E-state index < -0.39 is 18.2 Å². The minimum absolute atomic E-state index is 0.0727. The third-order valence-electron chi connectivity index (χ3n) is 4.61. The molecule has 1 saturated heterocycles. The second-order valence-electron chi connectivity index (χ2n) is 6.05. The summed E-state index contributed by atoms with van der Waals surface area (Å²) in [6.45, 7) is 1.69. The van der Waals surface area contributed by atoms with Gasteiger partial charge in [-0.2, -0.15) is 5.06 Å². The molecule has 8 heteroatoms. The second-order valence-corrected chi connectivity index (χ2v) is 6.46. The van der Waals surface area contributed by atoms with Crippen LogP contribution in [-0.2, 0) is 9.63 Å². The van der Waals surface area contributed by atoms with Gasteiger partial charge in [-0.15, -0.1) is 0 Å². The molecular formula is C16H19ClN2O5. The number of hydrogen-bond acceptors (Lipinski definition) is 6. The van der Waals surface area contributed by atoms with E-state index in [1.54, 1.807) is 12.1 Å². The number of hydroxylamine groups is 4. The highest BCUT2D eigenvalue weighted by molar-refractivity contribution is 6.35. The van der Waals surface area contributed by atoms with Crippen LogP contribution in [-0.4, -0.2) is 56.9 Å². The Morgan fingerprint density at radius 1 is 1.33 bits per heavy atom. The van der Waals surface area contributed by atoms with E-state index >= 15 is 0 Å². The number of nitrogens with zero attached hydrogens (tertiary/aromatic N) is 2. The molecule has 2 aliphatic heterocycles. The van der Waals surface area contributed by atoms with E-state index in [-0.39, 0.29) is 37.3 Å². The minimum Gasteiger partial charge on any atom is -0.509 e. The van der Waals surface area contributed by atoms with Gasteiger partial charge in [0.25, 0.3) is 5.91 Å². The van der Waals surface area contributed by atoms with Crippen molar-refractivity contribution in [2.45, 2.75) is 25.3 Å². The number of amides is 1. The lowest BCUT2D eigenvalue weighted by atomic mass is 9.86. The molecule has 0 bridgehead atoms. The number of carbonyl (C=O) groups is 1. The first-order chi connectivity index (χ1) is 11.4. The summed E-state index contributed by atoms with van der Waals surface area (Å²) in [5, 5.41) is 32.1. The Kier molecular flexibility index (Phi) is 4.54. The van der Waals surface area contributed by atoms with Crippen LogP contribution >= 0.6 is 11.6 Å². The highest BCUT2D eigenvalue weighted by Crippen LogP contribution is 2.46. The van der Waals surface area contributed by atoms with Gasteiger partial charge in [-0.3, -0.25) is 4.79 Å². The van der Waals surface area contributed by atoms with Gasteiger partial charge in [-0.25, -0.2) is 9.90 Å². The Bertz CT molecular complexity index is 698. The van der Waals surface area contributed by atoms with Crippen molar-refractivity contribution in [2.24, 2.45) is 0 Å². The largest absolute Gasteiger partial charge is 0.509 e. The maximum atomic E-state index is 12.9. The van der Waals surface area contributed by atoms with Crippen LogP contribution in [0.4, 0.5) is 0 Å². The molecule has 1 amide bonds. The average Bonchev–Trinajstić information content (AvgIpc) is 2.75. The summed E-state index contributed by atoms with van der Waals surface area (Å²) in [5.74, 6) is -0.693. The predicted molar refractivity (Wildman–Crippen MR) is 86.1 cm³/mol. The topological polar surface area (TPSA) is 93.5 Å². The quantitative estimate of drug-likeness (QED) is 0.717. The molecule has 1 aromatic rings. The minimum atomic E-state index is -1.11. The Labute approximate surface area is 144 Å². The number of halogens is 1. The van der Waals surface area contributed by atoms with E-state index in [0.29, 0.717) is 10.6 Å². The summed E-state index contributed by atoms with van der Waals surface area (Å²) in [4.78, 5) is 18.0. The summed E-state index contributed by atoms with van der Waals surface area (Å²) in [6.07, 6.45) is 0.544. The summed E-state index contributed by atoms with van der Waals surface area (Å²) in [5.41, 5.74) is 0.280. The van der Waals surface area contributed by atoms with Crippen LogP contribution in [0.15, 0.2) is 24.0 Å². The van der Waals surface area contributed by atoms with Crippen molar-refractivity contribution < 1.29 is 25.1 Å². The average molecular weight is 355 g/mol. The molecule has 0 unspecified atom stereocenters. The zero-order valence-corrected chi connectivity index (χ0v) is 14.0. The lowest BCUT2D eigenvalue weighted by molar-refractivity contribution is -0.253. The Morgan fingerprint density at radius 3 is 2.62 bits per heavy atom. The van der Waals surface area contributed by atoms with Crippen LogP contribution in [0.5, 0.6) is 0 Å². The second kappa shape index (κ2) is 6.34. The zero-order valence-electron chi connectivity index (χ0n) is 13.2. The molecule has 1 aromatic carbocycles. The van der Waals surface area contributed by atoms with E-state index in [1.165, 1.54) is 0 Å². The van der Waals surface area contributed by atoms with Crippen molar-refractivity contribution in [3.63, 3.8) is 0 Å². The van der Waals surface area contributed by atoms with Crippen LogP contribution in [0, 0.1) is 6.92 Å². The van der Waals surface area contributed by atoms with Gasteiger partial charge >= 0.3 is 0 Å². The van der Waals surface area contributed by atoms with Crippen molar-refractivity contribution in [2.75, 3.05) is 19.9 Å². The number of hydrogen-bond donors (Lipinski definition) is 3. The van der Waals surface area contributed by atoms with Gasteiger partial charge in [0.05, 0.1) is 5.57 Å². The molecule has 1 fully saturated rings. The fourth-order valence-electron chi connectivity index (χ4n) is 3.34. The number of carbonyl (C=O) groups excluding carboxylic acids is 1. The third-order valence-corrected chi connectivity index (χ3v) is 4.94. The molecule has 0 radical (unpaired) electrons. The number of rotatable bonds is 3. The standard InChI is InChI=1S/C16H19ClN2O5/c1-10-2-3-12(17)11(8-10)13-14(21)16(4-6-18(23)7-5-16)19(15(13)22)24-9-20/h2-3,8,20-21,23H,4-7,9H2,1H3. The molecule has 0 saturated carbocycles. The maximum Gasteiger partial charge on any atom is 0.282 e. The van der Waals surface area contributed by atoms with Gasteiger partial charge in [0.1, 0.15) is 11.3 Å². The van der Waals surface area contributed by atoms with Crippen LogP contribution in [0.1, 0.15) is 24.0 Å². The number of aliphatic hydroxyl groups is 2. The smallest absolute Gasteiger partial charge is 0.282 e. The zero-order chi connectivity index (χ0) is 17.5. The number of aryl methyl sites for hydroxylation is 1. The molecule has 24 heavy (non-hydrogen) atoms.